The summed E-state index contributed by atoms with van der Waals surface area (Å²) in [6.45, 7) is 1.38. The quantitative estimate of drug-likeness (QED) is 0.607. The van der Waals surface area contributed by atoms with Gasteiger partial charge in [-0.25, -0.2) is 4.39 Å². The minimum absolute atomic E-state index is 0.211. The predicted molar refractivity (Wildman–Crippen MR) is 61.1 cm³/mol. The molecule has 0 bridgehead atoms. The van der Waals surface area contributed by atoms with Gasteiger partial charge in [0, 0.05) is 16.2 Å². The van der Waals surface area contributed by atoms with E-state index in [1.807, 2.05) is 22.6 Å². The Hall–Kier alpha value is -0.170. The molecule has 0 heterocycles. The Morgan fingerprint density at radius 2 is 2.23 bits per heavy atom. The Morgan fingerprint density at radius 3 is 2.69 bits per heavy atom. The van der Waals surface area contributed by atoms with Crippen molar-refractivity contribution >= 4 is 50.1 Å². The first-order chi connectivity index (χ1) is 6.00. The lowest BCUT2D eigenvalue weighted by atomic mass is 10.3. The van der Waals surface area contributed by atoms with Gasteiger partial charge in [0.25, 0.3) is 0 Å². The SMILES string of the molecule is CC(=O)Nc1cc(F)c(Br)c(I)c1. The Balaban J connectivity index is 3.06. The van der Waals surface area contributed by atoms with Gasteiger partial charge in [0.15, 0.2) is 0 Å². The van der Waals surface area contributed by atoms with Crippen molar-refractivity contribution in [3.05, 3.63) is 26.0 Å². The number of hydrogen-bond donors (Lipinski definition) is 1. The largest absolute Gasteiger partial charge is 0.326 e. The molecule has 5 heteroatoms. The number of carbonyl (C=O) groups is 1. The molecule has 1 N–H and O–H groups in total. The van der Waals surface area contributed by atoms with Crippen LogP contribution in [0.2, 0.25) is 0 Å². The maximum atomic E-state index is 13.1. The molecule has 0 aliphatic rings. The van der Waals surface area contributed by atoms with Crippen LogP contribution in [-0.2, 0) is 4.79 Å². The van der Waals surface area contributed by atoms with Crippen LogP contribution in [0.5, 0.6) is 0 Å². The third-order valence-electron chi connectivity index (χ3n) is 1.30. The molecular formula is C8H6BrFINO. The maximum absolute atomic E-state index is 13.1. The van der Waals surface area contributed by atoms with E-state index in [0.29, 0.717) is 10.2 Å². The molecular weight excluding hydrogens is 352 g/mol. The number of benzene rings is 1. The fourth-order valence-corrected chi connectivity index (χ4v) is 1.65. The number of nitrogens with one attached hydrogen (secondary N) is 1. The van der Waals surface area contributed by atoms with Crippen LogP contribution in [0.3, 0.4) is 0 Å². The highest BCUT2D eigenvalue weighted by Crippen LogP contribution is 2.26. The van der Waals surface area contributed by atoms with Crippen LogP contribution < -0.4 is 5.32 Å². The maximum Gasteiger partial charge on any atom is 0.221 e. The lowest BCUT2D eigenvalue weighted by Gasteiger charge is -2.04. The zero-order valence-electron chi connectivity index (χ0n) is 6.70. The van der Waals surface area contributed by atoms with Crippen molar-refractivity contribution in [1.29, 1.82) is 0 Å². The highest BCUT2D eigenvalue weighted by atomic mass is 127. The number of hydrogen-bond acceptors (Lipinski definition) is 1. The lowest BCUT2D eigenvalue weighted by molar-refractivity contribution is -0.114. The molecule has 0 saturated heterocycles. The summed E-state index contributed by atoms with van der Waals surface area (Å²) in [6.07, 6.45) is 0. The van der Waals surface area contributed by atoms with E-state index in [4.69, 9.17) is 0 Å². The molecule has 0 spiro atoms. The molecule has 0 saturated carbocycles. The zero-order chi connectivity index (χ0) is 10.0. The van der Waals surface area contributed by atoms with Crippen molar-refractivity contribution in [2.24, 2.45) is 0 Å². The summed E-state index contributed by atoms with van der Waals surface area (Å²) in [6, 6.07) is 2.96. The van der Waals surface area contributed by atoms with Gasteiger partial charge in [0.05, 0.1) is 4.47 Å². The first-order valence-corrected chi connectivity index (χ1v) is 5.30. The number of amides is 1. The van der Waals surface area contributed by atoms with E-state index in [-0.39, 0.29) is 11.7 Å². The minimum Gasteiger partial charge on any atom is -0.326 e. The van der Waals surface area contributed by atoms with E-state index in [0.717, 1.165) is 3.57 Å². The zero-order valence-corrected chi connectivity index (χ0v) is 10.4. The summed E-state index contributed by atoms with van der Waals surface area (Å²) in [7, 11) is 0. The van der Waals surface area contributed by atoms with E-state index in [2.05, 4.69) is 21.2 Å². The summed E-state index contributed by atoms with van der Waals surface area (Å²) in [5.74, 6) is -0.590. The average Bonchev–Trinajstić information content (AvgIpc) is 1.98. The fraction of sp³-hybridized carbons (Fsp3) is 0.125. The van der Waals surface area contributed by atoms with Gasteiger partial charge >= 0.3 is 0 Å². The summed E-state index contributed by atoms with van der Waals surface area (Å²) in [5.41, 5.74) is 0.470. The molecule has 1 aromatic carbocycles. The van der Waals surface area contributed by atoms with Gasteiger partial charge in [-0.15, -0.1) is 0 Å². The van der Waals surface area contributed by atoms with Crippen LogP contribution in [0.25, 0.3) is 0 Å². The normalized spacial score (nSPS) is 9.85. The molecule has 13 heavy (non-hydrogen) atoms. The Labute approximate surface area is 97.2 Å². The monoisotopic (exact) mass is 357 g/mol. The first-order valence-electron chi connectivity index (χ1n) is 3.43. The van der Waals surface area contributed by atoms with Gasteiger partial charge in [-0.1, -0.05) is 0 Å². The van der Waals surface area contributed by atoms with Gasteiger partial charge < -0.3 is 5.32 Å². The summed E-state index contributed by atoms with van der Waals surface area (Å²) in [5, 5.41) is 2.51. The van der Waals surface area contributed by atoms with E-state index >= 15 is 0 Å². The first kappa shape index (κ1) is 10.9. The number of halogens is 3. The van der Waals surface area contributed by atoms with E-state index < -0.39 is 0 Å². The van der Waals surface area contributed by atoms with Crippen molar-refractivity contribution in [1.82, 2.24) is 0 Å². The molecule has 0 aliphatic carbocycles. The third-order valence-corrected chi connectivity index (χ3v) is 3.70. The second-order valence-corrected chi connectivity index (χ2v) is 4.39. The van der Waals surface area contributed by atoms with E-state index in [1.165, 1.54) is 13.0 Å². The fourth-order valence-electron chi connectivity index (χ4n) is 0.831. The highest BCUT2D eigenvalue weighted by molar-refractivity contribution is 14.1. The second kappa shape index (κ2) is 4.36. The predicted octanol–water partition coefficient (Wildman–Crippen LogP) is 3.15. The molecule has 0 fully saturated rings. The molecule has 2 nitrogen and oxygen atoms in total. The summed E-state index contributed by atoms with van der Waals surface area (Å²) < 4.78 is 14.2. The van der Waals surface area contributed by atoms with Crippen molar-refractivity contribution in [3.63, 3.8) is 0 Å². The van der Waals surface area contributed by atoms with Crippen molar-refractivity contribution < 1.29 is 9.18 Å². The second-order valence-electron chi connectivity index (χ2n) is 2.44. The summed E-state index contributed by atoms with van der Waals surface area (Å²) in [4.78, 5) is 10.7. The van der Waals surface area contributed by atoms with Crippen LogP contribution in [-0.4, -0.2) is 5.91 Å². The number of anilines is 1. The van der Waals surface area contributed by atoms with Crippen LogP contribution in [0.1, 0.15) is 6.92 Å². The standard InChI is InChI=1S/C8H6BrFINO/c1-4(13)12-5-2-6(10)8(9)7(11)3-5/h2-3H,1H3,(H,12,13). The molecule has 70 valence electrons. The topological polar surface area (TPSA) is 29.1 Å². The Kier molecular flexibility index (Phi) is 3.66. The molecule has 0 aliphatic heterocycles. The molecule has 1 aromatic rings. The van der Waals surface area contributed by atoms with Crippen LogP contribution in [0, 0.1) is 9.39 Å². The molecule has 0 unspecified atom stereocenters. The van der Waals surface area contributed by atoms with Crippen LogP contribution >= 0.6 is 38.5 Å². The van der Waals surface area contributed by atoms with Crippen molar-refractivity contribution in [3.8, 4) is 0 Å². The van der Waals surface area contributed by atoms with Crippen molar-refractivity contribution in [2.45, 2.75) is 6.92 Å². The number of rotatable bonds is 1. The van der Waals surface area contributed by atoms with Gasteiger partial charge in [-0.3, -0.25) is 4.79 Å². The lowest BCUT2D eigenvalue weighted by Crippen LogP contribution is -2.06. The Bertz CT molecular complexity index is 333. The molecule has 0 atom stereocenters. The van der Waals surface area contributed by atoms with Crippen LogP contribution in [0.15, 0.2) is 16.6 Å². The van der Waals surface area contributed by atoms with Gasteiger partial charge in [-0.2, -0.15) is 0 Å². The van der Waals surface area contributed by atoms with Gasteiger partial charge in [-0.05, 0) is 50.7 Å². The van der Waals surface area contributed by atoms with Gasteiger partial charge in [0.2, 0.25) is 5.91 Å². The average molecular weight is 358 g/mol. The van der Waals surface area contributed by atoms with Gasteiger partial charge in [0.1, 0.15) is 5.82 Å². The van der Waals surface area contributed by atoms with Crippen molar-refractivity contribution in [2.75, 3.05) is 5.32 Å². The Morgan fingerprint density at radius 1 is 1.62 bits per heavy atom. The molecule has 0 radical (unpaired) electrons. The summed E-state index contributed by atoms with van der Waals surface area (Å²) >= 11 is 5.07. The highest BCUT2D eigenvalue weighted by Gasteiger charge is 2.06. The smallest absolute Gasteiger partial charge is 0.221 e. The third kappa shape index (κ3) is 2.91. The van der Waals surface area contributed by atoms with E-state index in [9.17, 15) is 9.18 Å². The van der Waals surface area contributed by atoms with Crippen LogP contribution in [0.4, 0.5) is 10.1 Å². The minimum atomic E-state index is -0.379. The molecule has 0 aromatic heterocycles. The molecule has 1 rings (SSSR count). The molecule has 1 amide bonds. The van der Waals surface area contributed by atoms with E-state index in [1.54, 1.807) is 6.07 Å². The number of carbonyl (C=O) groups excluding carboxylic acids is 1.